The average molecular weight is 198 g/mol. The van der Waals surface area contributed by atoms with Crippen LogP contribution in [-0.4, -0.2) is 7.11 Å². The molecule has 1 saturated carbocycles. The molecule has 0 radical (unpaired) electrons. The van der Waals surface area contributed by atoms with Crippen LogP contribution in [0.25, 0.3) is 10.8 Å². The average Bonchev–Trinajstić information content (AvgIpc) is 3.09. The first-order valence-electron chi connectivity index (χ1n) is 5.39. The van der Waals surface area contributed by atoms with Gasteiger partial charge < -0.3 is 4.74 Å². The first-order valence-corrected chi connectivity index (χ1v) is 5.39. The molecule has 0 amide bonds. The third-order valence-corrected chi connectivity index (χ3v) is 3.38. The van der Waals surface area contributed by atoms with Gasteiger partial charge in [-0.05, 0) is 29.2 Å². The van der Waals surface area contributed by atoms with Crippen molar-refractivity contribution in [2.75, 3.05) is 7.11 Å². The standard InChI is InChI=1S/C14H14O/c1-15-14(9-10-14)13-8-4-6-11-5-2-3-7-12(11)13/h2-8H,9-10H2,1H3. The molecule has 0 atom stereocenters. The summed E-state index contributed by atoms with van der Waals surface area (Å²) in [4.78, 5) is 0. The molecule has 76 valence electrons. The minimum absolute atomic E-state index is 0.0147. The molecule has 0 N–H and O–H groups in total. The Hall–Kier alpha value is -1.34. The zero-order chi connectivity index (χ0) is 10.3. The first kappa shape index (κ1) is 8.93. The molecule has 0 aromatic heterocycles. The number of hydrogen-bond donors (Lipinski definition) is 0. The van der Waals surface area contributed by atoms with Crippen molar-refractivity contribution in [3.05, 3.63) is 48.0 Å². The fourth-order valence-corrected chi connectivity index (χ4v) is 2.32. The second-order valence-electron chi connectivity index (χ2n) is 4.23. The van der Waals surface area contributed by atoms with Crippen molar-refractivity contribution in [3.8, 4) is 0 Å². The molecule has 0 aliphatic heterocycles. The zero-order valence-electron chi connectivity index (χ0n) is 8.86. The van der Waals surface area contributed by atoms with Crippen LogP contribution in [0.5, 0.6) is 0 Å². The largest absolute Gasteiger partial charge is 0.374 e. The summed E-state index contributed by atoms with van der Waals surface area (Å²) < 4.78 is 5.64. The van der Waals surface area contributed by atoms with E-state index in [9.17, 15) is 0 Å². The van der Waals surface area contributed by atoms with Gasteiger partial charge in [0.1, 0.15) is 0 Å². The van der Waals surface area contributed by atoms with Crippen molar-refractivity contribution < 1.29 is 4.74 Å². The van der Waals surface area contributed by atoms with Gasteiger partial charge in [0.15, 0.2) is 0 Å². The Bertz CT molecular complexity index is 492. The molecule has 0 saturated heterocycles. The lowest BCUT2D eigenvalue weighted by molar-refractivity contribution is 0.0802. The molecule has 1 fully saturated rings. The highest BCUT2D eigenvalue weighted by molar-refractivity contribution is 5.86. The Balaban J connectivity index is 2.27. The van der Waals surface area contributed by atoms with E-state index in [1.165, 1.54) is 16.3 Å². The smallest absolute Gasteiger partial charge is 0.0935 e. The molecule has 2 aromatic carbocycles. The van der Waals surface area contributed by atoms with Crippen molar-refractivity contribution in [1.29, 1.82) is 0 Å². The van der Waals surface area contributed by atoms with Gasteiger partial charge in [-0.1, -0.05) is 42.5 Å². The highest BCUT2D eigenvalue weighted by atomic mass is 16.5. The summed E-state index contributed by atoms with van der Waals surface area (Å²) >= 11 is 0. The Labute approximate surface area is 89.7 Å². The quantitative estimate of drug-likeness (QED) is 0.718. The summed E-state index contributed by atoms with van der Waals surface area (Å²) in [6, 6.07) is 15.0. The van der Waals surface area contributed by atoms with Gasteiger partial charge in [0, 0.05) is 7.11 Å². The Kier molecular flexibility index (Phi) is 1.83. The normalized spacial score (nSPS) is 17.9. The lowest BCUT2D eigenvalue weighted by atomic mass is 9.99. The Morgan fingerprint density at radius 2 is 1.73 bits per heavy atom. The summed E-state index contributed by atoms with van der Waals surface area (Å²) in [5, 5.41) is 2.64. The molecule has 1 aliphatic carbocycles. The van der Waals surface area contributed by atoms with Gasteiger partial charge in [-0.3, -0.25) is 0 Å². The second kappa shape index (κ2) is 3.07. The maximum atomic E-state index is 5.64. The van der Waals surface area contributed by atoms with Crippen molar-refractivity contribution in [1.82, 2.24) is 0 Å². The van der Waals surface area contributed by atoms with Gasteiger partial charge in [0.2, 0.25) is 0 Å². The van der Waals surface area contributed by atoms with E-state index < -0.39 is 0 Å². The number of hydrogen-bond acceptors (Lipinski definition) is 1. The molecule has 0 heterocycles. The molecule has 15 heavy (non-hydrogen) atoms. The van der Waals surface area contributed by atoms with E-state index in [4.69, 9.17) is 4.74 Å². The van der Waals surface area contributed by atoms with E-state index in [0.29, 0.717) is 0 Å². The van der Waals surface area contributed by atoms with Crippen LogP contribution in [0.1, 0.15) is 18.4 Å². The molecular formula is C14H14O. The van der Waals surface area contributed by atoms with Crippen LogP contribution in [0.2, 0.25) is 0 Å². The highest BCUT2D eigenvalue weighted by Crippen LogP contribution is 2.50. The molecule has 0 unspecified atom stereocenters. The van der Waals surface area contributed by atoms with Crippen LogP contribution in [0.15, 0.2) is 42.5 Å². The summed E-state index contributed by atoms with van der Waals surface area (Å²) in [5.74, 6) is 0. The molecular weight excluding hydrogens is 184 g/mol. The summed E-state index contributed by atoms with van der Waals surface area (Å²) in [5.41, 5.74) is 1.36. The molecule has 1 heteroatoms. The predicted molar refractivity (Wildman–Crippen MR) is 61.9 cm³/mol. The van der Waals surface area contributed by atoms with Crippen LogP contribution in [0.3, 0.4) is 0 Å². The van der Waals surface area contributed by atoms with Crippen LogP contribution in [0.4, 0.5) is 0 Å². The van der Waals surface area contributed by atoms with Crippen molar-refractivity contribution in [2.45, 2.75) is 18.4 Å². The molecule has 3 rings (SSSR count). The van der Waals surface area contributed by atoms with Gasteiger partial charge in [-0.25, -0.2) is 0 Å². The van der Waals surface area contributed by atoms with Crippen molar-refractivity contribution >= 4 is 10.8 Å². The van der Waals surface area contributed by atoms with Crippen LogP contribution >= 0.6 is 0 Å². The Morgan fingerprint density at radius 1 is 1.00 bits per heavy atom. The van der Waals surface area contributed by atoms with Gasteiger partial charge >= 0.3 is 0 Å². The van der Waals surface area contributed by atoms with Crippen molar-refractivity contribution in [3.63, 3.8) is 0 Å². The molecule has 1 nitrogen and oxygen atoms in total. The number of ether oxygens (including phenoxy) is 1. The fourth-order valence-electron chi connectivity index (χ4n) is 2.32. The maximum absolute atomic E-state index is 5.64. The van der Waals surface area contributed by atoms with Crippen molar-refractivity contribution in [2.24, 2.45) is 0 Å². The predicted octanol–water partition coefficient (Wildman–Crippen LogP) is 3.48. The SMILES string of the molecule is COC1(c2cccc3ccccc23)CC1. The van der Waals surface area contributed by atoms with Crippen LogP contribution in [-0.2, 0) is 10.3 Å². The number of benzene rings is 2. The monoisotopic (exact) mass is 198 g/mol. The van der Waals surface area contributed by atoms with E-state index in [0.717, 1.165) is 12.8 Å². The van der Waals surface area contributed by atoms with Gasteiger partial charge in [-0.15, -0.1) is 0 Å². The summed E-state index contributed by atoms with van der Waals surface area (Å²) in [6.07, 6.45) is 2.30. The topological polar surface area (TPSA) is 9.23 Å². The van der Waals surface area contributed by atoms with E-state index in [1.807, 2.05) is 7.11 Å². The number of fused-ring (bicyclic) bond motifs is 1. The molecule has 1 aliphatic rings. The highest BCUT2D eigenvalue weighted by Gasteiger charge is 2.45. The fraction of sp³-hybridized carbons (Fsp3) is 0.286. The second-order valence-corrected chi connectivity index (χ2v) is 4.23. The minimum atomic E-state index is 0.0147. The van der Waals surface area contributed by atoms with Gasteiger partial charge in [0.25, 0.3) is 0 Å². The third-order valence-electron chi connectivity index (χ3n) is 3.38. The lowest BCUT2D eigenvalue weighted by Crippen LogP contribution is -2.09. The van der Waals surface area contributed by atoms with E-state index in [1.54, 1.807) is 0 Å². The molecule has 2 aromatic rings. The van der Waals surface area contributed by atoms with Gasteiger partial charge in [-0.2, -0.15) is 0 Å². The minimum Gasteiger partial charge on any atom is -0.374 e. The van der Waals surface area contributed by atoms with E-state index in [2.05, 4.69) is 42.5 Å². The lowest BCUT2D eigenvalue weighted by Gasteiger charge is -2.16. The third kappa shape index (κ3) is 1.27. The number of rotatable bonds is 2. The summed E-state index contributed by atoms with van der Waals surface area (Å²) in [6.45, 7) is 0. The Morgan fingerprint density at radius 3 is 2.47 bits per heavy atom. The van der Waals surface area contributed by atoms with Crippen LogP contribution in [0, 0.1) is 0 Å². The molecule has 0 bridgehead atoms. The van der Waals surface area contributed by atoms with E-state index >= 15 is 0 Å². The number of methoxy groups -OCH3 is 1. The molecule has 0 spiro atoms. The van der Waals surface area contributed by atoms with E-state index in [-0.39, 0.29) is 5.60 Å². The summed E-state index contributed by atoms with van der Waals surface area (Å²) in [7, 11) is 1.81. The maximum Gasteiger partial charge on any atom is 0.0935 e. The van der Waals surface area contributed by atoms with Crippen LogP contribution < -0.4 is 0 Å². The van der Waals surface area contributed by atoms with Gasteiger partial charge in [0.05, 0.1) is 5.60 Å². The first-order chi connectivity index (χ1) is 7.36. The zero-order valence-corrected chi connectivity index (χ0v) is 8.86.